The molecule has 0 saturated carbocycles. The highest BCUT2D eigenvalue weighted by molar-refractivity contribution is 5.76. The number of benzene rings is 3. The molecule has 0 aliphatic rings. The maximum Gasteiger partial charge on any atom is 0.127 e. The average Bonchev–Trinajstić information content (AvgIpc) is 2.62. The van der Waals surface area contributed by atoms with Crippen LogP contribution in [0.15, 0.2) is 72.8 Å². The van der Waals surface area contributed by atoms with Gasteiger partial charge >= 0.3 is 0 Å². The van der Waals surface area contributed by atoms with Gasteiger partial charge in [-0.15, -0.1) is 0 Å². The zero-order valence-electron chi connectivity index (χ0n) is 12.7. The lowest BCUT2D eigenvalue weighted by Crippen LogP contribution is -1.90. The van der Waals surface area contributed by atoms with Crippen molar-refractivity contribution in [3.05, 3.63) is 72.8 Å². The molecule has 0 bridgehead atoms. The third-order valence-corrected chi connectivity index (χ3v) is 3.69. The number of hydrogen-bond acceptors (Lipinski definition) is 2. The maximum atomic E-state index is 5.59. The lowest BCUT2D eigenvalue weighted by Gasteiger charge is -2.12. The quantitative estimate of drug-likeness (QED) is 0.670. The van der Waals surface area contributed by atoms with Crippen LogP contribution in [0.4, 0.5) is 0 Å². The van der Waals surface area contributed by atoms with E-state index < -0.39 is 0 Å². The van der Waals surface area contributed by atoms with Crippen LogP contribution in [0.25, 0.3) is 22.3 Å². The Morgan fingerprint density at radius 1 is 0.591 bits per heavy atom. The van der Waals surface area contributed by atoms with Gasteiger partial charge in [0.15, 0.2) is 0 Å². The second-order valence-corrected chi connectivity index (χ2v) is 5.01. The average molecular weight is 290 g/mol. The lowest BCUT2D eigenvalue weighted by atomic mass is 9.99. The minimum Gasteiger partial charge on any atom is -0.497 e. The monoisotopic (exact) mass is 290 g/mol. The Morgan fingerprint density at radius 3 is 2.05 bits per heavy atom. The van der Waals surface area contributed by atoms with Crippen molar-refractivity contribution in [2.24, 2.45) is 0 Å². The molecule has 0 aromatic heterocycles. The summed E-state index contributed by atoms with van der Waals surface area (Å²) in [6.07, 6.45) is 0. The zero-order chi connectivity index (χ0) is 15.4. The Morgan fingerprint density at radius 2 is 1.32 bits per heavy atom. The lowest BCUT2D eigenvalue weighted by molar-refractivity contribution is 0.414. The zero-order valence-corrected chi connectivity index (χ0v) is 12.7. The summed E-state index contributed by atoms with van der Waals surface area (Å²) >= 11 is 0. The summed E-state index contributed by atoms with van der Waals surface area (Å²) in [7, 11) is 3.38. The molecule has 3 aromatic carbocycles. The predicted molar refractivity (Wildman–Crippen MR) is 90.4 cm³/mol. The molecular formula is C20H18O2. The molecule has 0 N–H and O–H groups in total. The van der Waals surface area contributed by atoms with Crippen LogP contribution in [0, 0.1) is 0 Å². The molecule has 0 unspecified atom stereocenters. The largest absolute Gasteiger partial charge is 0.497 e. The second-order valence-electron chi connectivity index (χ2n) is 5.01. The van der Waals surface area contributed by atoms with E-state index in [4.69, 9.17) is 9.47 Å². The van der Waals surface area contributed by atoms with E-state index in [1.165, 1.54) is 0 Å². The van der Waals surface area contributed by atoms with E-state index in [1.54, 1.807) is 14.2 Å². The summed E-state index contributed by atoms with van der Waals surface area (Å²) in [6.45, 7) is 0. The Labute approximate surface area is 131 Å². The highest BCUT2D eigenvalue weighted by Crippen LogP contribution is 2.34. The fourth-order valence-electron chi connectivity index (χ4n) is 2.53. The van der Waals surface area contributed by atoms with Crippen molar-refractivity contribution < 1.29 is 9.47 Å². The third kappa shape index (κ3) is 2.82. The van der Waals surface area contributed by atoms with E-state index in [1.807, 2.05) is 36.4 Å². The van der Waals surface area contributed by atoms with E-state index in [0.717, 1.165) is 33.8 Å². The second kappa shape index (κ2) is 6.35. The number of methoxy groups -OCH3 is 2. The Balaban J connectivity index is 2.05. The molecule has 0 aliphatic carbocycles. The fourth-order valence-corrected chi connectivity index (χ4v) is 2.53. The van der Waals surface area contributed by atoms with Gasteiger partial charge in [-0.2, -0.15) is 0 Å². The molecule has 0 radical (unpaired) electrons. The van der Waals surface area contributed by atoms with Crippen LogP contribution >= 0.6 is 0 Å². The maximum absolute atomic E-state index is 5.59. The van der Waals surface area contributed by atoms with Crippen LogP contribution in [0.3, 0.4) is 0 Å². The third-order valence-electron chi connectivity index (χ3n) is 3.69. The molecule has 0 heterocycles. The van der Waals surface area contributed by atoms with Crippen LogP contribution in [0.1, 0.15) is 0 Å². The molecule has 0 spiro atoms. The van der Waals surface area contributed by atoms with E-state index in [-0.39, 0.29) is 0 Å². The molecule has 0 saturated heterocycles. The molecule has 2 nitrogen and oxygen atoms in total. The molecule has 22 heavy (non-hydrogen) atoms. The molecule has 3 rings (SSSR count). The summed E-state index contributed by atoms with van der Waals surface area (Å²) in [5.74, 6) is 1.72. The van der Waals surface area contributed by atoms with Crippen molar-refractivity contribution in [2.45, 2.75) is 0 Å². The van der Waals surface area contributed by atoms with Gasteiger partial charge in [-0.05, 0) is 34.9 Å². The van der Waals surface area contributed by atoms with E-state index >= 15 is 0 Å². The van der Waals surface area contributed by atoms with Crippen molar-refractivity contribution in [3.8, 4) is 33.8 Å². The first-order valence-corrected chi connectivity index (χ1v) is 7.19. The highest BCUT2D eigenvalue weighted by atomic mass is 16.5. The fraction of sp³-hybridized carbons (Fsp3) is 0.100. The number of hydrogen-bond donors (Lipinski definition) is 0. The smallest absolute Gasteiger partial charge is 0.127 e. The van der Waals surface area contributed by atoms with Gasteiger partial charge in [0.25, 0.3) is 0 Å². The standard InChI is InChI=1S/C20H18O2/c1-21-18-10-6-9-16(13-18)17-11-12-19(20(14-17)22-2)15-7-4-3-5-8-15/h3-14H,1-2H3. The molecule has 2 heteroatoms. The normalized spacial score (nSPS) is 10.3. The Kier molecular flexibility index (Phi) is 4.10. The van der Waals surface area contributed by atoms with Crippen molar-refractivity contribution in [1.82, 2.24) is 0 Å². The first-order valence-electron chi connectivity index (χ1n) is 7.19. The molecule has 3 aromatic rings. The van der Waals surface area contributed by atoms with Gasteiger partial charge in [0, 0.05) is 5.56 Å². The first-order chi connectivity index (χ1) is 10.8. The van der Waals surface area contributed by atoms with Crippen LogP contribution < -0.4 is 9.47 Å². The summed E-state index contributed by atoms with van der Waals surface area (Å²) in [6, 6.07) is 24.6. The van der Waals surface area contributed by atoms with Crippen LogP contribution in [0.5, 0.6) is 11.5 Å². The van der Waals surface area contributed by atoms with Gasteiger partial charge in [0.2, 0.25) is 0 Å². The van der Waals surface area contributed by atoms with Gasteiger partial charge < -0.3 is 9.47 Å². The Bertz CT molecular complexity index is 764. The van der Waals surface area contributed by atoms with E-state index in [0.29, 0.717) is 0 Å². The minimum absolute atomic E-state index is 0.851. The molecule has 110 valence electrons. The van der Waals surface area contributed by atoms with Gasteiger partial charge in [0.1, 0.15) is 11.5 Å². The van der Waals surface area contributed by atoms with Crippen LogP contribution in [-0.2, 0) is 0 Å². The number of ether oxygens (including phenoxy) is 2. The summed E-state index contributed by atoms with van der Waals surface area (Å²) in [4.78, 5) is 0. The first kappa shape index (κ1) is 14.2. The number of rotatable bonds is 4. The van der Waals surface area contributed by atoms with Gasteiger partial charge in [-0.25, -0.2) is 0 Å². The molecule has 0 atom stereocenters. The van der Waals surface area contributed by atoms with Crippen molar-refractivity contribution in [1.29, 1.82) is 0 Å². The molecule has 0 amide bonds. The summed E-state index contributed by atoms with van der Waals surface area (Å²) < 4.78 is 10.9. The highest BCUT2D eigenvalue weighted by Gasteiger charge is 2.08. The minimum atomic E-state index is 0.851. The van der Waals surface area contributed by atoms with E-state index in [2.05, 4.69) is 36.4 Å². The molecular weight excluding hydrogens is 272 g/mol. The van der Waals surface area contributed by atoms with Gasteiger partial charge in [-0.1, -0.05) is 54.6 Å². The van der Waals surface area contributed by atoms with Crippen molar-refractivity contribution in [2.75, 3.05) is 14.2 Å². The van der Waals surface area contributed by atoms with E-state index in [9.17, 15) is 0 Å². The van der Waals surface area contributed by atoms with Crippen LogP contribution in [0.2, 0.25) is 0 Å². The summed E-state index contributed by atoms with van der Waals surface area (Å²) in [5, 5.41) is 0. The van der Waals surface area contributed by atoms with Gasteiger partial charge in [-0.3, -0.25) is 0 Å². The molecule has 0 fully saturated rings. The predicted octanol–water partition coefficient (Wildman–Crippen LogP) is 5.04. The summed E-state index contributed by atoms with van der Waals surface area (Å²) in [5.41, 5.74) is 4.46. The topological polar surface area (TPSA) is 18.5 Å². The van der Waals surface area contributed by atoms with Crippen molar-refractivity contribution in [3.63, 3.8) is 0 Å². The van der Waals surface area contributed by atoms with Gasteiger partial charge in [0.05, 0.1) is 14.2 Å². The SMILES string of the molecule is COc1cccc(-c2ccc(-c3ccccc3)c(OC)c2)c1. The van der Waals surface area contributed by atoms with Crippen LogP contribution in [-0.4, -0.2) is 14.2 Å². The van der Waals surface area contributed by atoms with Crippen molar-refractivity contribution >= 4 is 0 Å². The molecule has 0 aliphatic heterocycles. The Hall–Kier alpha value is -2.74.